The van der Waals surface area contributed by atoms with E-state index in [0.29, 0.717) is 6.04 Å². The van der Waals surface area contributed by atoms with Crippen LogP contribution in [0.1, 0.15) is 32.8 Å². The molecule has 0 radical (unpaired) electrons. The number of hydrogen-bond acceptors (Lipinski definition) is 3. The van der Waals surface area contributed by atoms with Crippen molar-refractivity contribution in [3.63, 3.8) is 0 Å². The quantitative estimate of drug-likeness (QED) is 0.818. The zero-order valence-corrected chi connectivity index (χ0v) is 12.0. The average Bonchev–Trinajstić information content (AvgIpc) is 2.58. The molecular weight excluding hydrogens is 226 g/mol. The molecular formula is C15H23NO2. The Balaban J connectivity index is 2.14. The van der Waals surface area contributed by atoms with Crippen molar-refractivity contribution in [2.24, 2.45) is 0 Å². The second kappa shape index (κ2) is 4.81. The van der Waals surface area contributed by atoms with Gasteiger partial charge in [-0.1, -0.05) is 13.0 Å². The highest BCUT2D eigenvalue weighted by Gasteiger charge is 2.31. The fourth-order valence-corrected chi connectivity index (χ4v) is 2.36. The van der Waals surface area contributed by atoms with Gasteiger partial charge in [0.2, 0.25) is 5.79 Å². The third-order valence-corrected chi connectivity index (χ3v) is 3.39. The molecule has 0 spiro atoms. The minimum atomic E-state index is -0.535. The van der Waals surface area contributed by atoms with Crippen molar-refractivity contribution in [2.75, 3.05) is 14.1 Å². The summed E-state index contributed by atoms with van der Waals surface area (Å²) >= 11 is 0. The molecule has 0 saturated carbocycles. The van der Waals surface area contributed by atoms with Crippen LogP contribution in [0.4, 0.5) is 0 Å². The molecule has 0 fully saturated rings. The molecule has 2 rings (SSSR count). The van der Waals surface area contributed by atoms with E-state index in [1.54, 1.807) is 0 Å². The molecule has 0 N–H and O–H groups in total. The third kappa shape index (κ3) is 2.78. The largest absolute Gasteiger partial charge is 0.449 e. The van der Waals surface area contributed by atoms with Crippen molar-refractivity contribution in [2.45, 2.75) is 45.4 Å². The minimum absolute atomic E-state index is 0.535. The van der Waals surface area contributed by atoms with Crippen LogP contribution in [0.2, 0.25) is 0 Å². The van der Waals surface area contributed by atoms with Crippen molar-refractivity contribution in [3.8, 4) is 11.5 Å². The molecule has 3 nitrogen and oxygen atoms in total. The van der Waals surface area contributed by atoms with E-state index in [1.165, 1.54) is 5.56 Å². The number of ether oxygens (including phenoxy) is 2. The zero-order valence-electron chi connectivity index (χ0n) is 12.0. The van der Waals surface area contributed by atoms with Gasteiger partial charge in [-0.3, -0.25) is 0 Å². The lowest BCUT2D eigenvalue weighted by atomic mass is 10.0. The van der Waals surface area contributed by atoms with Gasteiger partial charge in [-0.25, -0.2) is 0 Å². The molecule has 0 amide bonds. The van der Waals surface area contributed by atoms with Gasteiger partial charge >= 0.3 is 0 Å². The fraction of sp³-hybridized carbons (Fsp3) is 0.600. The van der Waals surface area contributed by atoms with Gasteiger partial charge in [-0.15, -0.1) is 0 Å². The molecule has 0 unspecified atom stereocenters. The van der Waals surface area contributed by atoms with E-state index in [1.807, 2.05) is 19.9 Å². The van der Waals surface area contributed by atoms with Crippen LogP contribution in [-0.4, -0.2) is 30.8 Å². The maximum atomic E-state index is 5.77. The maximum Gasteiger partial charge on any atom is 0.246 e. The third-order valence-electron chi connectivity index (χ3n) is 3.39. The van der Waals surface area contributed by atoms with Gasteiger partial charge in [0.15, 0.2) is 11.5 Å². The Kier molecular flexibility index (Phi) is 3.53. The summed E-state index contributed by atoms with van der Waals surface area (Å²) in [5.41, 5.74) is 1.30. The topological polar surface area (TPSA) is 21.7 Å². The van der Waals surface area contributed by atoms with Crippen LogP contribution in [0.15, 0.2) is 18.2 Å². The molecule has 0 saturated heterocycles. The predicted molar refractivity (Wildman–Crippen MR) is 73.2 cm³/mol. The number of likely N-dealkylation sites (N-methyl/N-ethyl adjacent to an activating group) is 1. The first-order chi connectivity index (χ1) is 8.41. The smallest absolute Gasteiger partial charge is 0.246 e. The van der Waals surface area contributed by atoms with Gasteiger partial charge in [-0.2, -0.15) is 0 Å². The van der Waals surface area contributed by atoms with E-state index in [4.69, 9.17) is 9.47 Å². The summed E-state index contributed by atoms with van der Waals surface area (Å²) in [6.07, 6.45) is 2.19. The summed E-state index contributed by atoms with van der Waals surface area (Å²) in [6.45, 7) is 6.09. The number of hydrogen-bond donors (Lipinski definition) is 0. The van der Waals surface area contributed by atoms with Crippen molar-refractivity contribution >= 4 is 0 Å². The molecule has 0 aliphatic carbocycles. The summed E-state index contributed by atoms with van der Waals surface area (Å²) in [4.78, 5) is 2.27. The van der Waals surface area contributed by atoms with Crippen LogP contribution in [0.5, 0.6) is 11.5 Å². The van der Waals surface area contributed by atoms with E-state index in [9.17, 15) is 0 Å². The second-order valence-electron chi connectivity index (χ2n) is 5.61. The van der Waals surface area contributed by atoms with Gasteiger partial charge < -0.3 is 14.4 Å². The van der Waals surface area contributed by atoms with Crippen LogP contribution >= 0.6 is 0 Å². The normalized spacial score (nSPS) is 18.1. The Morgan fingerprint density at radius 3 is 2.44 bits per heavy atom. The summed E-state index contributed by atoms with van der Waals surface area (Å²) < 4.78 is 11.5. The maximum absolute atomic E-state index is 5.77. The molecule has 1 aromatic rings. The lowest BCUT2D eigenvalue weighted by Crippen LogP contribution is -2.29. The zero-order chi connectivity index (χ0) is 13.3. The van der Waals surface area contributed by atoms with Gasteiger partial charge in [-0.05, 0) is 44.6 Å². The minimum Gasteiger partial charge on any atom is -0.449 e. The molecule has 1 aliphatic rings. The van der Waals surface area contributed by atoms with Crippen LogP contribution in [0, 0.1) is 0 Å². The van der Waals surface area contributed by atoms with Gasteiger partial charge in [0.1, 0.15) is 0 Å². The standard InChI is InChI=1S/C15H23NO2/c1-6-12(16(4)5)9-11-7-8-13-14(10-11)18-15(2,3)17-13/h7-8,10,12H,6,9H2,1-5H3/t12-/m1/s1. The van der Waals surface area contributed by atoms with Gasteiger partial charge in [0.05, 0.1) is 0 Å². The van der Waals surface area contributed by atoms with E-state index >= 15 is 0 Å². The predicted octanol–water partition coefficient (Wildman–Crippen LogP) is 3.08. The van der Waals surface area contributed by atoms with Crippen LogP contribution < -0.4 is 9.47 Å². The Hall–Kier alpha value is -1.22. The van der Waals surface area contributed by atoms with E-state index in [0.717, 1.165) is 24.3 Å². The first kappa shape index (κ1) is 13.2. The van der Waals surface area contributed by atoms with Crippen LogP contribution in [0.3, 0.4) is 0 Å². The Bertz CT molecular complexity index is 427. The van der Waals surface area contributed by atoms with E-state index in [-0.39, 0.29) is 0 Å². The summed E-state index contributed by atoms with van der Waals surface area (Å²) in [7, 11) is 4.26. The fourth-order valence-electron chi connectivity index (χ4n) is 2.36. The highest BCUT2D eigenvalue weighted by Crippen LogP contribution is 2.39. The average molecular weight is 249 g/mol. The van der Waals surface area contributed by atoms with Gasteiger partial charge in [0, 0.05) is 19.9 Å². The summed E-state index contributed by atoms with van der Waals surface area (Å²) in [5, 5.41) is 0. The molecule has 100 valence electrons. The SMILES string of the molecule is CC[C@H](Cc1ccc2c(c1)OC(C)(C)O2)N(C)C. The molecule has 18 heavy (non-hydrogen) atoms. The number of benzene rings is 1. The molecule has 1 aromatic carbocycles. The highest BCUT2D eigenvalue weighted by molar-refractivity contribution is 5.45. The van der Waals surface area contributed by atoms with Crippen molar-refractivity contribution in [3.05, 3.63) is 23.8 Å². The number of nitrogens with zero attached hydrogens (tertiary/aromatic N) is 1. The highest BCUT2D eigenvalue weighted by atomic mass is 16.7. The van der Waals surface area contributed by atoms with Crippen LogP contribution in [-0.2, 0) is 6.42 Å². The molecule has 0 aromatic heterocycles. The first-order valence-electron chi connectivity index (χ1n) is 6.58. The lowest BCUT2D eigenvalue weighted by Gasteiger charge is -2.22. The number of rotatable bonds is 4. The summed E-state index contributed by atoms with van der Waals surface area (Å²) in [6, 6.07) is 6.83. The monoisotopic (exact) mass is 249 g/mol. The van der Waals surface area contributed by atoms with Crippen molar-refractivity contribution < 1.29 is 9.47 Å². The van der Waals surface area contributed by atoms with Gasteiger partial charge in [0.25, 0.3) is 0 Å². The first-order valence-corrected chi connectivity index (χ1v) is 6.58. The van der Waals surface area contributed by atoms with Crippen molar-refractivity contribution in [1.29, 1.82) is 0 Å². The molecule has 1 aliphatic heterocycles. The van der Waals surface area contributed by atoms with E-state index < -0.39 is 5.79 Å². The van der Waals surface area contributed by atoms with Crippen molar-refractivity contribution in [1.82, 2.24) is 4.90 Å². The van der Waals surface area contributed by atoms with E-state index in [2.05, 4.69) is 38.1 Å². The second-order valence-corrected chi connectivity index (χ2v) is 5.61. The number of fused-ring (bicyclic) bond motifs is 1. The molecule has 1 heterocycles. The molecule has 3 heteroatoms. The van der Waals surface area contributed by atoms with Crippen LogP contribution in [0.25, 0.3) is 0 Å². The Morgan fingerprint density at radius 1 is 1.17 bits per heavy atom. The molecule has 1 atom stereocenters. The Labute approximate surface area is 110 Å². The summed E-state index contributed by atoms with van der Waals surface area (Å²) in [5.74, 6) is 1.18. The molecule has 0 bridgehead atoms. The lowest BCUT2D eigenvalue weighted by molar-refractivity contribution is -0.0431. The Morgan fingerprint density at radius 2 is 1.83 bits per heavy atom.